The third kappa shape index (κ3) is 6.03. The van der Waals surface area contributed by atoms with Gasteiger partial charge >= 0.3 is 0 Å². The van der Waals surface area contributed by atoms with Crippen LogP contribution in [0.3, 0.4) is 0 Å². The van der Waals surface area contributed by atoms with Gasteiger partial charge in [0.05, 0.1) is 18.1 Å². The van der Waals surface area contributed by atoms with E-state index in [-0.39, 0.29) is 5.75 Å². The number of aromatic nitrogens is 2. The van der Waals surface area contributed by atoms with E-state index in [1.54, 1.807) is 12.4 Å². The molecule has 0 unspecified atom stereocenters. The molecule has 0 amide bonds. The minimum atomic E-state index is -3.38. The molecule has 0 aliphatic carbocycles. The molecule has 0 aliphatic rings. The van der Waals surface area contributed by atoms with Gasteiger partial charge in [-0.1, -0.05) is 0 Å². The molecule has 8 heteroatoms. The van der Waals surface area contributed by atoms with Crippen LogP contribution in [0.2, 0.25) is 0 Å². The number of hydrogen-bond donors (Lipinski definition) is 3. The monoisotopic (exact) mass is 259 g/mol. The summed E-state index contributed by atoms with van der Waals surface area (Å²) >= 11 is 0. The Morgan fingerprint density at radius 1 is 1.29 bits per heavy atom. The van der Waals surface area contributed by atoms with Crippen molar-refractivity contribution in [3.8, 4) is 0 Å². The van der Waals surface area contributed by atoms with Gasteiger partial charge in [-0.3, -0.25) is 4.98 Å². The van der Waals surface area contributed by atoms with Crippen LogP contribution in [0.15, 0.2) is 12.4 Å². The van der Waals surface area contributed by atoms with Crippen LogP contribution in [-0.2, 0) is 10.0 Å². The SMILES string of the molecule is CCNc1cncc(NCCCS(N)(=O)=O)n1. The molecule has 1 heterocycles. The lowest BCUT2D eigenvalue weighted by Crippen LogP contribution is -2.19. The lowest BCUT2D eigenvalue weighted by molar-refractivity contribution is 0.595. The lowest BCUT2D eigenvalue weighted by atomic mass is 10.5. The summed E-state index contributed by atoms with van der Waals surface area (Å²) in [6, 6.07) is 0. The molecular weight excluding hydrogens is 242 g/mol. The van der Waals surface area contributed by atoms with Gasteiger partial charge in [-0.15, -0.1) is 0 Å². The second kappa shape index (κ2) is 6.36. The number of hydrogen-bond acceptors (Lipinski definition) is 6. The average Bonchev–Trinajstić information content (AvgIpc) is 2.24. The van der Waals surface area contributed by atoms with Gasteiger partial charge in [-0.05, 0) is 13.3 Å². The van der Waals surface area contributed by atoms with Crippen LogP contribution in [0.5, 0.6) is 0 Å². The molecule has 0 saturated carbocycles. The van der Waals surface area contributed by atoms with Gasteiger partial charge in [0.2, 0.25) is 10.0 Å². The highest BCUT2D eigenvalue weighted by Crippen LogP contribution is 2.05. The molecule has 0 fully saturated rings. The van der Waals surface area contributed by atoms with Crippen molar-refractivity contribution < 1.29 is 8.42 Å². The molecule has 0 aliphatic heterocycles. The first-order chi connectivity index (χ1) is 8.01. The molecular formula is C9H17N5O2S. The van der Waals surface area contributed by atoms with E-state index in [0.29, 0.717) is 24.6 Å². The predicted octanol–water partition coefficient (Wildman–Crippen LogP) is -0.00110. The summed E-state index contributed by atoms with van der Waals surface area (Å²) in [7, 11) is -3.38. The number of sulfonamides is 1. The number of nitrogens with zero attached hydrogens (tertiary/aromatic N) is 2. The Morgan fingerprint density at radius 2 is 1.94 bits per heavy atom. The Labute approximate surface area is 101 Å². The fourth-order valence-electron chi connectivity index (χ4n) is 1.21. The van der Waals surface area contributed by atoms with E-state index >= 15 is 0 Å². The van der Waals surface area contributed by atoms with E-state index in [9.17, 15) is 8.42 Å². The van der Waals surface area contributed by atoms with Gasteiger partial charge in [0, 0.05) is 13.1 Å². The standard InChI is InChI=1S/C9H17N5O2S/c1-2-12-8-6-11-7-9(14-8)13-4-3-5-17(10,15)16/h6-7H,2-5H2,1H3,(H2,10,15,16)(H2,12,13,14). The summed E-state index contributed by atoms with van der Waals surface area (Å²) in [5.74, 6) is 1.25. The fourth-order valence-corrected chi connectivity index (χ4v) is 1.75. The largest absolute Gasteiger partial charge is 0.369 e. The maximum atomic E-state index is 10.7. The first kappa shape index (κ1) is 13.7. The van der Waals surface area contributed by atoms with Gasteiger partial charge in [0.25, 0.3) is 0 Å². The number of nitrogens with two attached hydrogens (primary N) is 1. The highest BCUT2D eigenvalue weighted by atomic mass is 32.2. The average molecular weight is 259 g/mol. The van der Waals surface area contributed by atoms with Gasteiger partial charge in [0.15, 0.2) is 0 Å². The van der Waals surface area contributed by atoms with Crippen molar-refractivity contribution in [1.29, 1.82) is 0 Å². The number of anilines is 2. The van der Waals surface area contributed by atoms with Gasteiger partial charge < -0.3 is 10.6 Å². The molecule has 0 bridgehead atoms. The summed E-state index contributed by atoms with van der Waals surface area (Å²) < 4.78 is 21.4. The molecule has 0 radical (unpaired) electrons. The van der Waals surface area contributed by atoms with Crippen LogP contribution < -0.4 is 15.8 Å². The number of rotatable bonds is 7. The highest BCUT2D eigenvalue weighted by Gasteiger charge is 2.02. The van der Waals surface area contributed by atoms with Crippen molar-refractivity contribution >= 4 is 21.7 Å². The third-order valence-electron chi connectivity index (χ3n) is 1.90. The van der Waals surface area contributed by atoms with Gasteiger partial charge in [-0.25, -0.2) is 18.5 Å². The topological polar surface area (TPSA) is 110 Å². The molecule has 1 rings (SSSR count). The van der Waals surface area contributed by atoms with Crippen molar-refractivity contribution in [1.82, 2.24) is 9.97 Å². The van der Waals surface area contributed by atoms with Gasteiger partial charge in [-0.2, -0.15) is 0 Å². The molecule has 17 heavy (non-hydrogen) atoms. The van der Waals surface area contributed by atoms with Crippen LogP contribution in [0.1, 0.15) is 13.3 Å². The second-order valence-electron chi connectivity index (χ2n) is 3.47. The van der Waals surface area contributed by atoms with Crippen LogP contribution in [0, 0.1) is 0 Å². The van der Waals surface area contributed by atoms with Crippen molar-refractivity contribution in [2.45, 2.75) is 13.3 Å². The molecule has 1 aromatic heterocycles. The zero-order valence-electron chi connectivity index (χ0n) is 9.68. The molecule has 1 aromatic rings. The Hall–Kier alpha value is -1.41. The maximum absolute atomic E-state index is 10.7. The summed E-state index contributed by atoms with van der Waals surface area (Å²) in [4.78, 5) is 8.23. The maximum Gasteiger partial charge on any atom is 0.209 e. The summed E-state index contributed by atoms with van der Waals surface area (Å²) in [5, 5.41) is 10.9. The van der Waals surface area contributed by atoms with E-state index in [1.807, 2.05) is 6.92 Å². The molecule has 0 atom stereocenters. The zero-order chi connectivity index (χ0) is 12.7. The first-order valence-electron chi connectivity index (χ1n) is 5.31. The Morgan fingerprint density at radius 3 is 2.53 bits per heavy atom. The van der Waals surface area contributed by atoms with Crippen LogP contribution in [0.4, 0.5) is 11.6 Å². The van der Waals surface area contributed by atoms with Crippen molar-refractivity contribution in [3.63, 3.8) is 0 Å². The number of nitrogens with one attached hydrogen (secondary N) is 2. The lowest BCUT2D eigenvalue weighted by Gasteiger charge is -2.06. The van der Waals surface area contributed by atoms with E-state index in [2.05, 4.69) is 20.6 Å². The quantitative estimate of drug-likeness (QED) is 0.594. The van der Waals surface area contributed by atoms with E-state index in [4.69, 9.17) is 5.14 Å². The van der Waals surface area contributed by atoms with E-state index in [1.165, 1.54) is 0 Å². The number of primary sulfonamides is 1. The molecule has 0 saturated heterocycles. The predicted molar refractivity (Wildman–Crippen MR) is 67.3 cm³/mol. The van der Waals surface area contributed by atoms with Gasteiger partial charge in [0.1, 0.15) is 11.6 Å². The third-order valence-corrected chi connectivity index (χ3v) is 2.76. The molecule has 7 nitrogen and oxygen atoms in total. The summed E-state index contributed by atoms with van der Waals surface area (Å²) in [5.41, 5.74) is 0. The molecule has 0 spiro atoms. The minimum Gasteiger partial charge on any atom is -0.369 e. The molecule has 4 N–H and O–H groups in total. The molecule has 0 aromatic carbocycles. The normalized spacial score (nSPS) is 11.2. The second-order valence-corrected chi connectivity index (χ2v) is 5.20. The Balaban J connectivity index is 2.38. The highest BCUT2D eigenvalue weighted by molar-refractivity contribution is 7.89. The van der Waals surface area contributed by atoms with Crippen molar-refractivity contribution in [2.24, 2.45) is 5.14 Å². The van der Waals surface area contributed by atoms with Crippen LogP contribution in [-0.4, -0.2) is 37.2 Å². The van der Waals surface area contributed by atoms with Crippen LogP contribution >= 0.6 is 0 Å². The Kier molecular flexibility index (Phi) is 5.11. The smallest absolute Gasteiger partial charge is 0.209 e. The van der Waals surface area contributed by atoms with E-state index in [0.717, 1.165) is 6.54 Å². The fraction of sp³-hybridized carbons (Fsp3) is 0.556. The zero-order valence-corrected chi connectivity index (χ0v) is 10.5. The van der Waals surface area contributed by atoms with Crippen molar-refractivity contribution in [2.75, 3.05) is 29.5 Å². The summed E-state index contributed by atoms with van der Waals surface area (Å²) in [6.45, 7) is 3.22. The molecule has 96 valence electrons. The van der Waals surface area contributed by atoms with Crippen molar-refractivity contribution in [3.05, 3.63) is 12.4 Å². The van der Waals surface area contributed by atoms with Crippen LogP contribution in [0.25, 0.3) is 0 Å². The minimum absolute atomic E-state index is 0.0413. The Bertz CT molecular complexity index is 448. The first-order valence-corrected chi connectivity index (χ1v) is 7.03. The van der Waals surface area contributed by atoms with E-state index < -0.39 is 10.0 Å². The summed E-state index contributed by atoms with van der Waals surface area (Å²) in [6.07, 6.45) is 3.64.